The lowest BCUT2D eigenvalue weighted by Gasteiger charge is -2.53. The van der Waals surface area contributed by atoms with E-state index < -0.39 is 24.2 Å². The number of nitrogens with one attached hydrogen (secondary N) is 2. The Morgan fingerprint density at radius 1 is 0.542 bits per heavy atom. The van der Waals surface area contributed by atoms with Crippen LogP contribution in [-0.4, -0.2) is 57.3 Å². The molecule has 5 aliphatic heterocycles. The van der Waals surface area contributed by atoms with Gasteiger partial charge in [0.05, 0.1) is 12.1 Å². The first kappa shape index (κ1) is 26.2. The molecule has 2 N–H and O–H groups in total. The highest BCUT2D eigenvalue weighted by Crippen LogP contribution is 2.50. The highest BCUT2D eigenvalue weighted by Gasteiger charge is 2.56. The van der Waals surface area contributed by atoms with Crippen LogP contribution in [0.4, 0.5) is 0 Å². The number of carbonyl (C=O) groups excluding carboxylic acids is 2. The van der Waals surface area contributed by atoms with Gasteiger partial charge >= 0.3 is 0 Å². The molecule has 0 spiro atoms. The van der Waals surface area contributed by atoms with Crippen LogP contribution in [0.25, 0.3) is 21.8 Å². The van der Waals surface area contributed by atoms with Gasteiger partial charge < -0.3 is 38.7 Å². The Labute approximate surface area is 273 Å². The fourth-order valence-corrected chi connectivity index (χ4v) is 8.71. The third kappa shape index (κ3) is 3.41. The Balaban J connectivity index is 1.12. The van der Waals surface area contributed by atoms with Gasteiger partial charge in [0.15, 0.2) is 23.0 Å². The number of H-pyrrole nitrogens is 2. The van der Waals surface area contributed by atoms with E-state index in [2.05, 4.69) is 22.1 Å². The molecule has 0 aliphatic carbocycles. The van der Waals surface area contributed by atoms with Gasteiger partial charge in [0.1, 0.15) is 12.1 Å². The lowest BCUT2D eigenvalue weighted by Crippen LogP contribution is -2.69. The lowest BCUT2D eigenvalue weighted by molar-refractivity contribution is -0.167. The van der Waals surface area contributed by atoms with E-state index >= 15 is 9.59 Å². The maximum absolute atomic E-state index is 15.2. The second kappa shape index (κ2) is 9.34. The van der Waals surface area contributed by atoms with Crippen molar-refractivity contribution in [3.8, 4) is 23.0 Å². The molecule has 1 saturated heterocycles. The Bertz CT molecular complexity index is 2210. The zero-order valence-corrected chi connectivity index (χ0v) is 25.6. The van der Waals surface area contributed by atoms with Crippen LogP contribution < -0.4 is 18.9 Å². The van der Waals surface area contributed by atoms with E-state index in [0.717, 1.165) is 55.4 Å². The van der Waals surface area contributed by atoms with Crippen LogP contribution in [0.5, 0.6) is 23.0 Å². The van der Waals surface area contributed by atoms with Crippen molar-refractivity contribution in [2.45, 2.75) is 37.0 Å². The molecule has 6 aromatic rings. The Kier molecular flexibility index (Phi) is 5.10. The fourth-order valence-electron chi connectivity index (χ4n) is 8.71. The molecule has 4 atom stereocenters. The number of fused-ring (bicyclic) bond motifs is 10. The molecule has 4 aromatic carbocycles. The average molecular weight is 637 g/mol. The highest BCUT2D eigenvalue weighted by atomic mass is 16.7. The summed E-state index contributed by atoms with van der Waals surface area (Å²) in [4.78, 5) is 41.4. The van der Waals surface area contributed by atoms with Crippen molar-refractivity contribution in [2.75, 3.05) is 13.6 Å². The summed E-state index contributed by atoms with van der Waals surface area (Å²) in [5.74, 6) is 2.45. The zero-order valence-electron chi connectivity index (χ0n) is 25.6. The van der Waals surface area contributed by atoms with E-state index in [4.69, 9.17) is 18.9 Å². The number of aromatic nitrogens is 2. The molecule has 7 heterocycles. The zero-order chi connectivity index (χ0) is 31.7. The summed E-state index contributed by atoms with van der Waals surface area (Å²) < 4.78 is 22.8. The molecule has 0 saturated carbocycles. The SMILES string of the molecule is O=C1[C@H]2Cc3c([nH]c4ccccc34)[C@H](c3ccc4c(c3)OCO4)N2C(=O)[C@H]2Cc3c([nH]c4ccccc34)[C@@H](c3ccc4c(c3)OCO4)N12. The maximum Gasteiger partial charge on any atom is 0.247 e. The summed E-state index contributed by atoms with van der Waals surface area (Å²) >= 11 is 0. The Hall–Kier alpha value is -5.90. The number of aromatic amines is 2. The molecule has 1 fully saturated rings. The molecule has 5 aliphatic rings. The van der Waals surface area contributed by atoms with Crippen LogP contribution in [0.2, 0.25) is 0 Å². The van der Waals surface area contributed by atoms with Crippen LogP contribution in [0.15, 0.2) is 84.9 Å². The third-order valence-electron chi connectivity index (χ3n) is 10.8. The van der Waals surface area contributed by atoms with Crippen molar-refractivity contribution in [3.05, 3.63) is 119 Å². The molecule has 2 aromatic heterocycles. The normalized spacial score (nSPS) is 23.3. The minimum absolute atomic E-state index is 0.0757. The number of amides is 2. The Morgan fingerprint density at radius 3 is 1.46 bits per heavy atom. The summed E-state index contributed by atoms with van der Waals surface area (Å²) in [7, 11) is 0. The number of benzene rings is 4. The molecule has 0 radical (unpaired) electrons. The Morgan fingerprint density at radius 2 is 0.979 bits per heavy atom. The average Bonchev–Trinajstić information content (AvgIpc) is 3.92. The number of hydrogen-bond acceptors (Lipinski definition) is 6. The van der Waals surface area contributed by atoms with Crippen LogP contribution in [0.3, 0.4) is 0 Å². The minimum Gasteiger partial charge on any atom is -0.454 e. The van der Waals surface area contributed by atoms with Crippen molar-refractivity contribution in [2.24, 2.45) is 0 Å². The quantitative estimate of drug-likeness (QED) is 0.260. The molecular weight excluding hydrogens is 608 g/mol. The number of ether oxygens (including phenoxy) is 4. The van der Waals surface area contributed by atoms with Crippen LogP contribution in [0.1, 0.15) is 45.7 Å². The van der Waals surface area contributed by atoms with E-state index in [1.165, 1.54) is 0 Å². The van der Waals surface area contributed by atoms with Gasteiger partial charge in [0.25, 0.3) is 0 Å². The molecule has 0 unspecified atom stereocenters. The monoisotopic (exact) mass is 636 g/mol. The van der Waals surface area contributed by atoms with E-state index in [1.807, 2.05) is 82.6 Å². The summed E-state index contributed by atoms with van der Waals surface area (Å²) in [6.07, 6.45) is 0.809. The minimum atomic E-state index is -0.710. The van der Waals surface area contributed by atoms with Crippen molar-refractivity contribution in [1.29, 1.82) is 0 Å². The van der Waals surface area contributed by atoms with Crippen molar-refractivity contribution < 1.29 is 28.5 Å². The molecule has 48 heavy (non-hydrogen) atoms. The van der Waals surface area contributed by atoms with Gasteiger partial charge in [-0.3, -0.25) is 9.59 Å². The third-order valence-corrected chi connectivity index (χ3v) is 10.8. The fraction of sp³-hybridized carbons (Fsp3) is 0.211. The van der Waals surface area contributed by atoms with Gasteiger partial charge in [-0.25, -0.2) is 0 Å². The predicted molar refractivity (Wildman–Crippen MR) is 174 cm³/mol. The van der Waals surface area contributed by atoms with Gasteiger partial charge in [-0.05, 0) is 58.7 Å². The highest BCUT2D eigenvalue weighted by molar-refractivity contribution is 6.01. The number of hydrogen-bond donors (Lipinski definition) is 2. The molecular formula is C38H28N4O6. The van der Waals surface area contributed by atoms with E-state index in [1.54, 1.807) is 0 Å². The molecule has 10 nitrogen and oxygen atoms in total. The first-order chi connectivity index (χ1) is 23.6. The lowest BCUT2D eigenvalue weighted by atomic mass is 9.80. The molecule has 10 heteroatoms. The first-order valence-corrected chi connectivity index (χ1v) is 16.2. The van der Waals surface area contributed by atoms with Gasteiger partial charge in [0.2, 0.25) is 25.4 Å². The van der Waals surface area contributed by atoms with E-state index in [9.17, 15) is 0 Å². The van der Waals surface area contributed by atoms with Crippen molar-refractivity contribution >= 4 is 33.6 Å². The topological polar surface area (TPSA) is 109 Å². The van der Waals surface area contributed by atoms with Gasteiger partial charge in [0, 0.05) is 46.0 Å². The number of rotatable bonds is 2. The second-order valence-electron chi connectivity index (χ2n) is 13.1. The first-order valence-electron chi connectivity index (χ1n) is 16.2. The largest absolute Gasteiger partial charge is 0.454 e. The van der Waals surface area contributed by atoms with Crippen LogP contribution >= 0.6 is 0 Å². The summed E-state index contributed by atoms with van der Waals surface area (Å²) in [6.45, 7) is 0.298. The second-order valence-corrected chi connectivity index (χ2v) is 13.1. The van der Waals surface area contributed by atoms with Crippen LogP contribution in [0, 0.1) is 0 Å². The van der Waals surface area contributed by atoms with Gasteiger partial charge in [-0.15, -0.1) is 0 Å². The molecule has 0 bridgehead atoms. The van der Waals surface area contributed by atoms with E-state index in [0.29, 0.717) is 35.8 Å². The predicted octanol–water partition coefficient (Wildman–Crippen LogP) is 5.51. The van der Waals surface area contributed by atoms with Crippen molar-refractivity contribution in [1.82, 2.24) is 19.8 Å². The van der Waals surface area contributed by atoms with Gasteiger partial charge in [-0.2, -0.15) is 0 Å². The van der Waals surface area contributed by atoms with Gasteiger partial charge in [-0.1, -0.05) is 48.5 Å². The molecule has 11 rings (SSSR count). The number of para-hydroxylation sites is 2. The smallest absolute Gasteiger partial charge is 0.247 e. The number of nitrogens with zero attached hydrogens (tertiary/aromatic N) is 2. The van der Waals surface area contributed by atoms with Crippen molar-refractivity contribution in [3.63, 3.8) is 0 Å². The molecule has 236 valence electrons. The van der Waals surface area contributed by atoms with E-state index in [-0.39, 0.29) is 25.4 Å². The summed E-state index contributed by atoms with van der Waals surface area (Å²) in [5, 5.41) is 2.12. The summed E-state index contributed by atoms with van der Waals surface area (Å²) in [6, 6.07) is 25.5. The maximum atomic E-state index is 15.2. The number of carbonyl (C=O) groups is 2. The van der Waals surface area contributed by atoms with Crippen LogP contribution in [-0.2, 0) is 22.4 Å². The molecule has 2 amide bonds. The number of piperazine rings is 1. The summed E-state index contributed by atoms with van der Waals surface area (Å²) in [5.41, 5.74) is 7.64. The standard InChI is InChI=1S/C38H28N4O6/c43-37-27-15-23-21-5-1-3-7-25(21)39-33(23)35(19-9-11-29-31(13-19)47-17-45-29)41(27)38(44)28-16-24-22-6-2-4-8-26(22)40-34(24)36(42(28)37)20-10-12-30-32(14-20)48-18-46-30/h1-14,27-28,35-36,39-40H,15-18H2/t27-,28-,35-,36+/m1/s1.